The van der Waals surface area contributed by atoms with Crippen LogP contribution in [0.2, 0.25) is 0 Å². The van der Waals surface area contributed by atoms with Crippen molar-refractivity contribution in [2.75, 3.05) is 38.3 Å². The molecule has 1 aliphatic heterocycles. The van der Waals surface area contributed by atoms with E-state index < -0.39 is 0 Å². The zero-order chi connectivity index (χ0) is 19.8. The summed E-state index contributed by atoms with van der Waals surface area (Å²) >= 11 is 0. The summed E-state index contributed by atoms with van der Waals surface area (Å²) in [6.07, 6.45) is 4.13. The highest BCUT2D eigenvalue weighted by Crippen LogP contribution is 2.26. The number of anilines is 1. The van der Waals surface area contributed by atoms with Crippen LogP contribution in [-0.2, 0) is 16.0 Å². The second kappa shape index (κ2) is 10.0. The zero-order valence-corrected chi connectivity index (χ0v) is 16.6. The molecule has 150 valence electrons. The first-order chi connectivity index (χ1) is 13.7. The van der Waals surface area contributed by atoms with Crippen LogP contribution in [0.1, 0.15) is 25.3 Å². The Labute approximate surface area is 166 Å². The normalized spacial score (nSPS) is 14.7. The van der Waals surface area contributed by atoms with Gasteiger partial charge in [-0.3, -0.25) is 4.79 Å². The molecule has 2 aromatic rings. The summed E-state index contributed by atoms with van der Waals surface area (Å²) in [4.78, 5) is 23.0. The fourth-order valence-electron chi connectivity index (χ4n) is 3.26. The Morgan fingerprint density at radius 3 is 2.64 bits per heavy atom. The van der Waals surface area contributed by atoms with Gasteiger partial charge in [0.15, 0.2) is 0 Å². The van der Waals surface area contributed by atoms with E-state index in [4.69, 9.17) is 9.47 Å². The number of carbonyl (C=O) groups excluding carboxylic acids is 1. The minimum Gasteiger partial charge on any atom is -0.439 e. The molecule has 1 fully saturated rings. The van der Waals surface area contributed by atoms with Crippen molar-refractivity contribution >= 4 is 11.7 Å². The predicted octanol–water partition coefficient (Wildman–Crippen LogP) is 2.81. The molecular weight excluding hydrogens is 356 g/mol. The summed E-state index contributed by atoms with van der Waals surface area (Å²) < 4.78 is 10.8. The monoisotopic (exact) mass is 384 g/mol. The highest BCUT2D eigenvalue weighted by atomic mass is 16.5. The van der Waals surface area contributed by atoms with Crippen molar-refractivity contribution in [1.82, 2.24) is 15.3 Å². The Morgan fingerprint density at radius 2 is 1.96 bits per heavy atom. The number of nitrogens with one attached hydrogen (secondary N) is 1. The molecule has 0 spiro atoms. The molecule has 1 aliphatic rings. The number of ether oxygens (including phenoxy) is 2. The Bertz CT molecular complexity index is 759. The largest absolute Gasteiger partial charge is 0.439 e. The van der Waals surface area contributed by atoms with Crippen molar-refractivity contribution in [2.24, 2.45) is 5.92 Å². The molecule has 1 saturated heterocycles. The van der Waals surface area contributed by atoms with Crippen LogP contribution in [0.3, 0.4) is 0 Å². The Morgan fingerprint density at radius 1 is 1.21 bits per heavy atom. The summed E-state index contributed by atoms with van der Waals surface area (Å²) in [5.74, 6) is 2.26. The van der Waals surface area contributed by atoms with E-state index in [1.54, 1.807) is 7.11 Å². The number of methoxy groups -OCH3 is 1. The second-order valence-corrected chi connectivity index (χ2v) is 6.86. The molecule has 1 aromatic heterocycles. The van der Waals surface area contributed by atoms with E-state index in [9.17, 15) is 4.79 Å². The average Bonchev–Trinajstić information content (AvgIpc) is 2.75. The van der Waals surface area contributed by atoms with Crippen molar-refractivity contribution < 1.29 is 14.3 Å². The molecule has 0 atom stereocenters. The molecule has 0 aliphatic carbocycles. The van der Waals surface area contributed by atoms with Gasteiger partial charge in [-0.15, -0.1) is 0 Å². The first kappa shape index (κ1) is 20.1. The molecule has 0 radical (unpaired) electrons. The number of benzene rings is 1. The van der Waals surface area contributed by atoms with Crippen molar-refractivity contribution in [3.8, 4) is 11.6 Å². The van der Waals surface area contributed by atoms with E-state index in [0.29, 0.717) is 19.0 Å². The van der Waals surface area contributed by atoms with Gasteiger partial charge in [0.25, 0.3) is 0 Å². The third-order valence-electron chi connectivity index (χ3n) is 4.98. The first-order valence-electron chi connectivity index (χ1n) is 9.80. The molecule has 0 saturated carbocycles. The van der Waals surface area contributed by atoms with Gasteiger partial charge in [0.2, 0.25) is 11.8 Å². The maximum atomic E-state index is 12.2. The maximum absolute atomic E-state index is 12.2. The van der Waals surface area contributed by atoms with Crippen LogP contribution in [0.4, 0.5) is 5.82 Å². The van der Waals surface area contributed by atoms with Gasteiger partial charge >= 0.3 is 0 Å². The predicted molar refractivity (Wildman–Crippen MR) is 108 cm³/mol. The lowest BCUT2D eigenvalue weighted by atomic mass is 9.96. The molecule has 1 amide bonds. The number of aromatic nitrogens is 2. The van der Waals surface area contributed by atoms with Crippen LogP contribution >= 0.6 is 0 Å². The van der Waals surface area contributed by atoms with Crippen LogP contribution < -0.4 is 15.0 Å². The quantitative estimate of drug-likeness (QED) is 0.706. The highest BCUT2D eigenvalue weighted by Gasteiger charge is 2.25. The molecule has 0 bridgehead atoms. The number of hydrogen-bond donors (Lipinski definition) is 1. The summed E-state index contributed by atoms with van der Waals surface area (Å²) in [5.41, 5.74) is 1.27. The van der Waals surface area contributed by atoms with Crippen molar-refractivity contribution in [2.45, 2.75) is 26.2 Å². The van der Waals surface area contributed by atoms with Crippen molar-refractivity contribution in [3.05, 3.63) is 42.2 Å². The number of nitrogens with zero attached hydrogens (tertiary/aromatic N) is 3. The third kappa shape index (κ3) is 5.42. The molecule has 1 N–H and O–H groups in total. The second-order valence-electron chi connectivity index (χ2n) is 6.86. The SMILES string of the molecule is CCc1ccc(Oc2cc(N3CCC(C(=O)NCCOC)CC3)ncn2)cc1. The summed E-state index contributed by atoms with van der Waals surface area (Å²) in [7, 11) is 1.63. The number of aryl methyl sites for hydroxylation is 1. The van der Waals surface area contributed by atoms with Gasteiger partial charge in [-0.2, -0.15) is 0 Å². The average molecular weight is 384 g/mol. The fourth-order valence-corrected chi connectivity index (χ4v) is 3.26. The zero-order valence-electron chi connectivity index (χ0n) is 16.6. The fraction of sp³-hybridized carbons (Fsp3) is 0.476. The number of amides is 1. The van der Waals surface area contributed by atoms with E-state index in [-0.39, 0.29) is 11.8 Å². The topological polar surface area (TPSA) is 76.6 Å². The van der Waals surface area contributed by atoms with Gasteiger partial charge in [0.05, 0.1) is 6.61 Å². The highest BCUT2D eigenvalue weighted by molar-refractivity contribution is 5.78. The molecule has 7 nitrogen and oxygen atoms in total. The van der Waals surface area contributed by atoms with Crippen LogP contribution in [-0.4, -0.2) is 49.2 Å². The van der Waals surface area contributed by atoms with Gasteiger partial charge in [-0.05, 0) is 37.0 Å². The lowest BCUT2D eigenvalue weighted by molar-refractivity contribution is -0.125. The van der Waals surface area contributed by atoms with E-state index in [1.807, 2.05) is 18.2 Å². The third-order valence-corrected chi connectivity index (χ3v) is 4.98. The van der Waals surface area contributed by atoms with Gasteiger partial charge in [0, 0.05) is 38.7 Å². The molecule has 2 heterocycles. The Hall–Kier alpha value is -2.67. The molecule has 0 unspecified atom stereocenters. The minimum absolute atomic E-state index is 0.0442. The van der Waals surface area contributed by atoms with E-state index >= 15 is 0 Å². The van der Waals surface area contributed by atoms with Gasteiger partial charge < -0.3 is 19.7 Å². The van der Waals surface area contributed by atoms with Crippen molar-refractivity contribution in [1.29, 1.82) is 0 Å². The van der Waals surface area contributed by atoms with Crippen LogP contribution in [0.5, 0.6) is 11.6 Å². The standard InChI is InChI=1S/C21H28N4O3/c1-3-16-4-6-18(7-5-16)28-20-14-19(23-15-24-20)25-11-8-17(9-12-25)21(26)22-10-13-27-2/h4-7,14-15,17H,3,8-13H2,1-2H3,(H,22,26). The maximum Gasteiger partial charge on any atom is 0.224 e. The first-order valence-corrected chi connectivity index (χ1v) is 9.80. The summed E-state index contributed by atoms with van der Waals surface area (Å²) in [6, 6.07) is 9.87. The summed E-state index contributed by atoms with van der Waals surface area (Å²) in [6.45, 7) is 4.78. The van der Waals surface area contributed by atoms with Gasteiger partial charge in [-0.1, -0.05) is 19.1 Å². The van der Waals surface area contributed by atoms with E-state index in [2.05, 4.69) is 39.2 Å². The molecule has 28 heavy (non-hydrogen) atoms. The Balaban J connectivity index is 1.55. The van der Waals surface area contributed by atoms with Crippen LogP contribution in [0.15, 0.2) is 36.7 Å². The van der Waals surface area contributed by atoms with E-state index in [0.717, 1.165) is 43.9 Å². The van der Waals surface area contributed by atoms with Crippen LogP contribution in [0, 0.1) is 5.92 Å². The lowest BCUT2D eigenvalue weighted by Gasteiger charge is -2.32. The van der Waals surface area contributed by atoms with E-state index in [1.165, 1.54) is 11.9 Å². The van der Waals surface area contributed by atoms with Gasteiger partial charge in [-0.25, -0.2) is 9.97 Å². The lowest BCUT2D eigenvalue weighted by Crippen LogP contribution is -2.41. The molecule has 1 aromatic carbocycles. The molecule has 7 heteroatoms. The number of rotatable bonds is 8. The number of piperidine rings is 1. The van der Waals surface area contributed by atoms with Gasteiger partial charge in [0.1, 0.15) is 17.9 Å². The summed E-state index contributed by atoms with van der Waals surface area (Å²) in [5, 5.41) is 2.92. The number of hydrogen-bond acceptors (Lipinski definition) is 6. The smallest absolute Gasteiger partial charge is 0.224 e. The molecule has 3 rings (SSSR count). The Kier molecular flexibility index (Phi) is 7.19. The molecular formula is C21H28N4O3. The van der Waals surface area contributed by atoms with Crippen molar-refractivity contribution in [3.63, 3.8) is 0 Å². The minimum atomic E-state index is 0.0442. The van der Waals surface area contributed by atoms with Crippen LogP contribution in [0.25, 0.3) is 0 Å². The number of carbonyl (C=O) groups is 1.